The Morgan fingerprint density at radius 3 is 2.52 bits per heavy atom. The number of hydrogen-bond acceptors (Lipinski definition) is 9. The van der Waals surface area contributed by atoms with Crippen molar-refractivity contribution in [2.24, 2.45) is 0 Å². The van der Waals surface area contributed by atoms with Gasteiger partial charge in [-0.15, -0.1) is 11.3 Å². The minimum Gasteiger partial charge on any atom is -0.475 e. The van der Waals surface area contributed by atoms with E-state index >= 15 is 0 Å². The van der Waals surface area contributed by atoms with Crippen LogP contribution >= 0.6 is 11.3 Å². The van der Waals surface area contributed by atoms with E-state index in [9.17, 15) is 14.0 Å². The highest BCUT2D eigenvalue weighted by atomic mass is 32.1. The van der Waals surface area contributed by atoms with E-state index in [-0.39, 0.29) is 28.2 Å². The summed E-state index contributed by atoms with van der Waals surface area (Å²) in [4.78, 5) is 20.9. The molecule has 0 aliphatic rings. The Kier molecular flexibility index (Phi) is 8.30. The summed E-state index contributed by atoms with van der Waals surface area (Å²) < 4.78 is 38.5. The average Bonchev–Trinajstić information content (AvgIpc) is 3.18. The lowest BCUT2D eigenvalue weighted by atomic mass is 10.2. The van der Waals surface area contributed by atoms with Crippen molar-refractivity contribution in [2.75, 3.05) is 13.7 Å². The first-order valence-electron chi connectivity index (χ1n) is 9.15. The number of thiazole rings is 1. The van der Waals surface area contributed by atoms with Crippen LogP contribution < -0.4 is 14.8 Å². The number of nitriles is 1. The maximum atomic E-state index is 13.5. The van der Waals surface area contributed by atoms with Crippen LogP contribution in [-0.2, 0) is 10.7 Å². The van der Waals surface area contributed by atoms with Crippen LogP contribution in [0.2, 0.25) is 0 Å². The second-order valence-electron chi connectivity index (χ2n) is 6.34. The summed E-state index contributed by atoms with van der Waals surface area (Å²) in [6.45, 7) is 4.60. The minimum atomic E-state index is -3.08. The number of hydrogen-bond donors (Lipinski definition) is 1. The first kappa shape index (κ1) is 24.0. The number of benzene rings is 1. The molecule has 2 aromatic heterocycles. The number of nitrogens with one attached hydrogen (secondary N) is 1. The average molecular weight is 449 g/mol. The van der Waals surface area contributed by atoms with Gasteiger partial charge in [-0.25, -0.2) is 15.0 Å². The molecule has 164 valence electrons. The third-order valence-corrected chi connectivity index (χ3v) is 5.06. The normalized spacial score (nSPS) is 11.8. The van der Waals surface area contributed by atoms with Gasteiger partial charge in [-0.3, -0.25) is 0 Å². The molecule has 0 fully saturated rings. The number of nitrogens with zero attached hydrogens (tertiary/aromatic N) is 4. The number of ether oxygens (including phenoxy) is 2. The van der Waals surface area contributed by atoms with Gasteiger partial charge in [0.25, 0.3) is 5.92 Å². The van der Waals surface area contributed by atoms with Crippen molar-refractivity contribution in [3.05, 3.63) is 35.1 Å². The molecule has 1 aromatic carbocycles. The van der Waals surface area contributed by atoms with E-state index in [0.717, 1.165) is 24.5 Å². The van der Waals surface area contributed by atoms with E-state index in [1.54, 1.807) is 0 Å². The van der Waals surface area contributed by atoms with E-state index in [1.165, 1.54) is 31.5 Å². The smallest absolute Gasteiger partial charge is 0.296 e. The Balaban J connectivity index is 0.00000107. The van der Waals surface area contributed by atoms with Gasteiger partial charge in [0.05, 0.1) is 22.6 Å². The van der Waals surface area contributed by atoms with Crippen LogP contribution in [0.25, 0.3) is 10.2 Å². The van der Waals surface area contributed by atoms with E-state index in [4.69, 9.17) is 14.3 Å². The zero-order chi connectivity index (χ0) is 23.0. The molecular formula is C20H21F2N5O3S. The lowest BCUT2D eigenvalue weighted by Crippen LogP contribution is -2.28. The molecule has 0 saturated heterocycles. The second-order valence-corrected chi connectivity index (χ2v) is 7.34. The SMILES string of the molecule is CC=O.CNC(C)COc1cnc(Oc2ccc3nc(C(C)(F)F)sc3c2C#N)cn1. The molecule has 0 saturated carbocycles. The molecule has 0 aliphatic heterocycles. The van der Waals surface area contributed by atoms with Gasteiger partial charge in [-0.1, -0.05) is 0 Å². The summed E-state index contributed by atoms with van der Waals surface area (Å²) in [5, 5.41) is 12.2. The molecule has 0 bridgehead atoms. The summed E-state index contributed by atoms with van der Waals surface area (Å²) >= 11 is 0.768. The van der Waals surface area contributed by atoms with Crippen molar-refractivity contribution >= 4 is 27.8 Å². The van der Waals surface area contributed by atoms with Crippen LogP contribution in [0.5, 0.6) is 17.5 Å². The molecule has 1 atom stereocenters. The maximum absolute atomic E-state index is 13.5. The van der Waals surface area contributed by atoms with Crippen LogP contribution in [-0.4, -0.2) is 40.9 Å². The summed E-state index contributed by atoms with van der Waals surface area (Å²) in [6, 6.07) is 5.18. The quantitative estimate of drug-likeness (QED) is 0.538. The van der Waals surface area contributed by atoms with Crippen LogP contribution in [0.4, 0.5) is 8.78 Å². The number of aldehydes is 1. The predicted octanol–water partition coefficient (Wildman–Crippen LogP) is 4.05. The van der Waals surface area contributed by atoms with E-state index < -0.39 is 5.92 Å². The molecule has 11 heteroatoms. The van der Waals surface area contributed by atoms with Gasteiger partial charge in [-0.2, -0.15) is 14.0 Å². The van der Waals surface area contributed by atoms with Crippen LogP contribution in [0, 0.1) is 11.3 Å². The summed E-state index contributed by atoms with van der Waals surface area (Å²) in [5.74, 6) is -2.40. The molecule has 2 heterocycles. The number of fused-ring (bicyclic) bond motifs is 1. The van der Waals surface area contributed by atoms with Gasteiger partial charge < -0.3 is 19.6 Å². The van der Waals surface area contributed by atoms with Gasteiger partial charge in [0.15, 0.2) is 5.01 Å². The van der Waals surface area contributed by atoms with Crippen molar-refractivity contribution in [1.82, 2.24) is 20.3 Å². The number of aromatic nitrogens is 3. The molecule has 1 N–H and O–H groups in total. The Bertz CT molecular complexity index is 1060. The fraction of sp³-hybridized carbons (Fsp3) is 0.350. The van der Waals surface area contributed by atoms with Crippen LogP contribution in [0.15, 0.2) is 24.5 Å². The Morgan fingerprint density at radius 1 is 1.32 bits per heavy atom. The fourth-order valence-corrected chi connectivity index (χ4v) is 3.17. The maximum Gasteiger partial charge on any atom is 0.296 e. The fourth-order valence-electron chi connectivity index (χ4n) is 2.19. The predicted molar refractivity (Wildman–Crippen MR) is 112 cm³/mol. The molecule has 1 unspecified atom stereocenters. The van der Waals surface area contributed by atoms with Crippen LogP contribution in [0.1, 0.15) is 31.3 Å². The highest BCUT2D eigenvalue weighted by molar-refractivity contribution is 7.19. The number of carbonyl (C=O) groups is 1. The zero-order valence-corrected chi connectivity index (χ0v) is 18.2. The number of carbonyl (C=O) groups excluding carboxylic acids is 1. The van der Waals surface area contributed by atoms with Crippen molar-refractivity contribution in [2.45, 2.75) is 32.7 Å². The summed E-state index contributed by atoms with van der Waals surface area (Å²) in [7, 11) is 1.83. The number of halogens is 2. The molecule has 0 aliphatic carbocycles. The molecule has 3 aromatic rings. The molecule has 0 amide bonds. The van der Waals surface area contributed by atoms with E-state index in [1.807, 2.05) is 20.0 Å². The molecule has 0 spiro atoms. The van der Waals surface area contributed by atoms with Gasteiger partial charge in [-0.05, 0) is 33.0 Å². The van der Waals surface area contributed by atoms with Gasteiger partial charge >= 0.3 is 0 Å². The topological polar surface area (TPSA) is 110 Å². The van der Waals surface area contributed by atoms with Crippen molar-refractivity contribution in [3.8, 4) is 23.6 Å². The van der Waals surface area contributed by atoms with E-state index in [0.29, 0.717) is 22.7 Å². The lowest BCUT2D eigenvalue weighted by Gasteiger charge is -2.11. The third-order valence-electron chi connectivity index (χ3n) is 3.80. The number of alkyl halides is 2. The van der Waals surface area contributed by atoms with Crippen molar-refractivity contribution < 1.29 is 23.0 Å². The minimum absolute atomic E-state index is 0.121. The second kappa shape index (κ2) is 10.7. The highest BCUT2D eigenvalue weighted by Gasteiger charge is 2.30. The molecule has 0 radical (unpaired) electrons. The summed E-state index contributed by atoms with van der Waals surface area (Å²) in [6.07, 6.45) is 3.52. The molecule has 31 heavy (non-hydrogen) atoms. The number of rotatable bonds is 7. The monoisotopic (exact) mass is 449 g/mol. The van der Waals surface area contributed by atoms with Gasteiger partial charge in [0.2, 0.25) is 11.8 Å². The van der Waals surface area contributed by atoms with Crippen molar-refractivity contribution in [3.63, 3.8) is 0 Å². The zero-order valence-electron chi connectivity index (χ0n) is 17.3. The van der Waals surface area contributed by atoms with Gasteiger partial charge in [0.1, 0.15) is 30.3 Å². The third kappa shape index (κ3) is 6.37. The highest BCUT2D eigenvalue weighted by Crippen LogP contribution is 2.38. The first-order chi connectivity index (χ1) is 14.7. The van der Waals surface area contributed by atoms with Gasteiger partial charge in [0, 0.05) is 13.0 Å². The van der Waals surface area contributed by atoms with Crippen LogP contribution in [0.3, 0.4) is 0 Å². The first-order valence-corrected chi connectivity index (χ1v) is 9.96. The molecule has 8 nitrogen and oxygen atoms in total. The number of likely N-dealkylation sites (N-methyl/N-ethyl adjacent to an activating group) is 1. The molecular weight excluding hydrogens is 428 g/mol. The van der Waals surface area contributed by atoms with Crippen molar-refractivity contribution in [1.29, 1.82) is 5.26 Å². The largest absolute Gasteiger partial charge is 0.475 e. The lowest BCUT2D eigenvalue weighted by molar-refractivity contribution is -0.106. The Morgan fingerprint density at radius 2 is 1.97 bits per heavy atom. The van der Waals surface area contributed by atoms with E-state index in [2.05, 4.69) is 20.3 Å². The summed E-state index contributed by atoms with van der Waals surface area (Å²) in [5.41, 5.74) is 0.439. The Labute approximate surface area is 181 Å². The Hall–Kier alpha value is -3.23. The standard InChI is InChI=1S/C18H17F2N5O2S.C2H4O/c1-10(22-3)9-26-14-7-24-15(8-23-14)27-13-5-4-12-16(11(13)6-21)28-17(25-12)18(2,19)20;1-2-3/h4-5,7-8,10,22H,9H2,1-3H3;2H,1H3. The molecule has 3 rings (SSSR count).